The Kier molecular flexibility index (Phi) is 6.46. The summed E-state index contributed by atoms with van der Waals surface area (Å²) in [6.45, 7) is 1.60. The molecule has 1 heterocycles. The number of benzene rings is 2. The first-order chi connectivity index (χ1) is 14.0. The number of aliphatic hydroxyl groups excluding tert-OH is 1. The lowest BCUT2D eigenvalue weighted by molar-refractivity contribution is -0.134. The summed E-state index contributed by atoms with van der Waals surface area (Å²) in [7, 11) is 0. The molecule has 0 saturated carbocycles. The van der Waals surface area contributed by atoms with Crippen molar-refractivity contribution in [2.45, 2.75) is 19.9 Å². The van der Waals surface area contributed by atoms with Crippen LogP contribution < -0.4 is 0 Å². The minimum Gasteiger partial charge on any atom is -0.395 e. The molecule has 0 saturated heterocycles. The quantitative estimate of drug-likeness (QED) is 0.598. The third-order valence-corrected chi connectivity index (χ3v) is 4.67. The van der Waals surface area contributed by atoms with Crippen molar-refractivity contribution in [2.24, 2.45) is 0 Å². The molecule has 2 aromatic carbocycles. The lowest BCUT2D eigenvalue weighted by Crippen LogP contribution is -2.33. The van der Waals surface area contributed by atoms with Crippen LogP contribution in [-0.4, -0.2) is 45.6 Å². The molecular weight excluding hydrogens is 368 g/mol. The van der Waals surface area contributed by atoms with Crippen LogP contribution in [0.25, 0.3) is 10.9 Å². The summed E-state index contributed by atoms with van der Waals surface area (Å²) in [5.41, 5.74) is 2.72. The van der Waals surface area contributed by atoms with Crippen LogP contribution in [0.4, 0.5) is 0 Å². The number of para-hydroxylation sites is 1. The summed E-state index contributed by atoms with van der Waals surface area (Å²) in [6.07, 6.45) is 1.72. The maximum Gasteiger partial charge on any atom is 0.256 e. The smallest absolute Gasteiger partial charge is 0.256 e. The van der Waals surface area contributed by atoms with Crippen LogP contribution in [-0.2, 0) is 22.6 Å². The second kappa shape index (κ2) is 9.21. The van der Waals surface area contributed by atoms with Crippen LogP contribution in [0, 0.1) is 0 Å². The zero-order valence-electron chi connectivity index (χ0n) is 16.2. The molecule has 1 amide bonds. The van der Waals surface area contributed by atoms with Gasteiger partial charge in [-0.25, -0.2) is 0 Å². The number of aromatic nitrogens is 1. The van der Waals surface area contributed by atoms with Crippen molar-refractivity contribution in [3.63, 3.8) is 0 Å². The number of aliphatic hydroxyl groups is 1. The molecule has 1 N–H and O–H groups in total. The number of hydrogen-bond acceptors (Lipinski definition) is 5. The standard InChI is InChI=1S/C23H22N2O4/c1-16(27)21(28)14-17-7-9-18(10-8-17)15-25(12-13-26)23(29)20-6-2-4-19-5-3-11-24-22(19)20/h2-11,26H,12-15H2,1H3. The van der Waals surface area contributed by atoms with Gasteiger partial charge in [0, 0.05) is 38.0 Å². The van der Waals surface area contributed by atoms with Gasteiger partial charge in [-0.2, -0.15) is 0 Å². The predicted octanol–water partition coefficient (Wildman–Crippen LogP) is 2.57. The average molecular weight is 390 g/mol. The number of carbonyl (C=O) groups excluding carboxylic acids is 3. The van der Waals surface area contributed by atoms with Gasteiger partial charge in [0.25, 0.3) is 5.91 Å². The Balaban J connectivity index is 1.80. The van der Waals surface area contributed by atoms with E-state index in [9.17, 15) is 19.5 Å². The third-order valence-electron chi connectivity index (χ3n) is 4.67. The van der Waals surface area contributed by atoms with E-state index in [1.807, 2.05) is 36.4 Å². The Labute approximate surface area is 168 Å². The summed E-state index contributed by atoms with van der Waals surface area (Å²) in [4.78, 5) is 41.7. The summed E-state index contributed by atoms with van der Waals surface area (Å²) < 4.78 is 0. The fraction of sp³-hybridized carbons (Fsp3) is 0.217. The van der Waals surface area contributed by atoms with Gasteiger partial charge < -0.3 is 10.0 Å². The van der Waals surface area contributed by atoms with Gasteiger partial charge in [0.2, 0.25) is 5.78 Å². The number of hydrogen-bond donors (Lipinski definition) is 1. The Morgan fingerprint density at radius 2 is 1.66 bits per heavy atom. The highest BCUT2D eigenvalue weighted by Gasteiger charge is 2.19. The minimum atomic E-state index is -0.461. The second-order valence-electron chi connectivity index (χ2n) is 6.80. The van der Waals surface area contributed by atoms with E-state index in [1.54, 1.807) is 29.3 Å². The molecule has 6 nitrogen and oxygen atoms in total. The van der Waals surface area contributed by atoms with E-state index >= 15 is 0 Å². The van der Waals surface area contributed by atoms with E-state index in [0.29, 0.717) is 17.6 Å². The number of rotatable bonds is 8. The molecule has 0 fully saturated rings. The number of carbonyl (C=O) groups is 3. The van der Waals surface area contributed by atoms with Crippen molar-refractivity contribution in [2.75, 3.05) is 13.2 Å². The van der Waals surface area contributed by atoms with Crippen LogP contribution in [0.15, 0.2) is 60.8 Å². The molecule has 0 aliphatic carbocycles. The van der Waals surface area contributed by atoms with Gasteiger partial charge in [-0.05, 0) is 23.3 Å². The highest BCUT2D eigenvalue weighted by molar-refractivity contribution is 6.36. The van der Waals surface area contributed by atoms with Crippen LogP contribution in [0.5, 0.6) is 0 Å². The zero-order chi connectivity index (χ0) is 20.8. The van der Waals surface area contributed by atoms with Gasteiger partial charge in [-0.3, -0.25) is 19.4 Å². The van der Waals surface area contributed by atoms with E-state index in [4.69, 9.17) is 0 Å². The highest BCUT2D eigenvalue weighted by Crippen LogP contribution is 2.19. The Bertz CT molecular complexity index is 1040. The molecule has 0 spiro atoms. The lowest BCUT2D eigenvalue weighted by atomic mass is 10.0. The predicted molar refractivity (Wildman–Crippen MR) is 109 cm³/mol. The lowest BCUT2D eigenvalue weighted by Gasteiger charge is -2.22. The maximum absolute atomic E-state index is 13.1. The van der Waals surface area contributed by atoms with E-state index in [2.05, 4.69) is 4.98 Å². The van der Waals surface area contributed by atoms with Crippen molar-refractivity contribution < 1.29 is 19.5 Å². The molecule has 29 heavy (non-hydrogen) atoms. The van der Waals surface area contributed by atoms with Crippen molar-refractivity contribution >= 4 is 28.4 Å². The third kappa shape index (κ3) is 4.92. The summed E-state index contributed by atoms with van der Waals surface area (Å²) in [5, 5.41) is 10.3. The SMILES string of the molecule is CC(=O)C(=O)Cc1ccc(CN(CCO)C(=O)c2cccc3cccnc23)cc1. The van der Waals surface area contributed by atoms with Crippen LogP contribution in [0.2, 0.25) is 0 Å². The Morgan fingerprint density at radius 1 is 0.966 bits per heavy atom. The van der Waals surface area contributed by atoms with Crippen molar-refractivity contribution in [1.29, 1.82) is 0 Å². The summed E-state index contributed by atoms with van der Waals surface area (Å²) in [5.74, 6) is -1.10. The molecule has 148 valence electrons. The first kappa shape index (κ1) is 20.4. The largest absolute Gasteiger partial charge is 0.395 e. The summed E-state index contributed by atoms with van der Waals surface area (Å²) in [6, 6.07) is 16.4. The van der Waals surface area contributed by atoms with Crippen molar-refractivity contribution in [1.82, 2.24) is 9.88 Å². The molecular formula is C23H22N2O4. The minimum absolute atomic E-state index is 0.0660. The first-order valence-corrected chi connectivity index (χ1v) is 9.35. The fourth-order valence-corrected chi connectivity index (χ4v) is 3.11. The summed E-state index contributed by atoms with van der Waals surface area (Å²) >= 11 is 0. The van der Waals surface area contributed by atoms with E-state index < -0.39 is 11.6 Å². The average Bonchev–Trinajstić information content (AvgIpc) is 2.73. The number of amides is 1. The van der Waals surface area contributed by atoms with E-state index in [-0.39, 0.29) is 25.5 Å². The van der Waals surface area contributed by atoms with Gasteiger partial charge in [-0.1, -0.05) is 42.5 Å². The topological polar surface area (TPSA) is 87.6 Å². The maximum atomic E-state index is 13.1. The first-order valence-electron chi connectivity index (χ1n) is 9.35. The molecule has 3 rings (SSSR count). The normalized spacial score (nSPS) is 10.7. The molecule has 0 aliphatic heterocycles. The van der Waals surface area contributed by atoms with E-state index in [1.165, 1.54) is 6.92 Å². The molecule has 3 aromatic rings. The van der Waals surface area contributed by atoms with Crippen molar-refractivity contribution in [3.8, 4) is 0 Å². The Hall–Kier alpha value is -3.38. The van der Waals surface area contributed by atoms with Gasteiger partial charge in [0.05, 0.1) is 17.7 Å². The molecule has 0 atom stereocenters. The van der Waals surface area contributed by atoms with Crippen molar-refractivity contribution in [3.05, 3.63) is 77.5 Å². The van der Waals surface area contributed by atoms with Gasteiger partial charge in [-0.15, -0.1) is 0 Å². The monoisotopic (exact) mass is 390 g/mol. The van der Waals surface area contributed by atoms with Gasteiger partial charge in [0.1, 0.15) is 0 Å². The number of Topliss-reactive ketones (excluding diaryl/α,β-unsaturated/α-hetero) is 2. The fourth-order valence-electron chi connectivity index (χ4n) is 3.11. The van der Waals surface area contributed by atoms with Crippen LogP contribution >= 0.6 is 0 Å². The molecule has 0 unspecified atom stereocenters. The molecule has 0 aliphatic rings. The molecule has 0 bridgehead atoms. The number of fused-ring (bicyclic) bond motifs is 1. The number of pyridine rings is 1. The van der Waals surface area contributed by atoms with Gasteiger partial charge >= 0.3 is 0 Å². The molecule has 6 heteroatoms. The zero-order valence-corrected chi connectivity index (χ0v) is 16.2. The molecule has 1 aromatic heterocycles. The number of ketones is 2. The second-order valence-corrected chi connectivity index (χ2v) is 6.80. The number of nitrogens with zero attached hydrogens (tertiary/aromatic N) is 2. The van der Waals surface area contributed by atoms with Crippen LogP contribution in [0.1, 0.15) is 28.4 Å². The Morgan fingerprint density at radius 3 is 2.34 bits per heavy atom. The highest BCUT2D eigenvalue weighted by atomic mass is 16.3. The molecule has 0 radical (unpaired) electrons. The van der Waals surface area contributed by atoms with Crippen LogP contribution in [0.3, 0.4) is 0 Å². The van der Waals surface area contributed by atoms with Gasteiger partial charge in [0.15, 0.2) is 5.78 Å². The van der Waals surface area contributed by atoms with E-state index in [0.717, 1.165) is 16.5 Å².